The molecule has 0 aliphatic heterocycles. The summed E-state index contributed by atoms with van der Waals surface area (Å²) in [6.45, 7) is 0. The van der Waals surface area contributed by atoms with E-state index >= 15 is 0 Å². The summed E-state index contributed by atoms with van der Waals surface area (Å²) >= 11 is 4.63. The minimum absolute atomic E-state index is 0.294. The SMILES string of the molecule is FC(F)(F)c1cc(-c2ccccc2)c[nH]c1=S. The van der Waals surface area contributed by atoms with E-state index in [0.29, 0.717) is 11.1 Å². The van der Waals surface area contributed by atoms with Gasteiger partial charge in [0, 0.05) is 6.20 Å². The van der Waals surface area contributed by atoms with Crippen LogP contribution in [-0.4, -0.2) is 4.98 Å². The van der Waals surface area contributed by atoms with Crippen molar-refractivity contribution in [3.05, 3.63) is 52.8 Å². The van der Waals surface area contributed by atoms with Crippen molar-refractivity contribution in [2.24, 2.45) is 0 Å². The Morgan fingerprint density at radius 3 is 2.24 bits per heavy atom. The fourth-order valence-corrected chi connectivity index (χ4v) is 1.73. The number of nitrogens with one attached hydrogen (secondary N) is 1. The zero-order valence-corrected chi connectivity index (χ0v) is 9.40. The monoisotopic (exact) mass is 255 g/mol. The summed E-state index contributed by atoms with van der Waals surface area (Å²) in [5.74, 6) is 0. The van der Waals surface area contributed by atoms with Gasteiger partial charge in [-0.1, -0.05) is 42.5 Å². The number of pyridine rings is 1. The standard InChI is InChI=1S/C12H8F3NS/c13-12(14,15)10-6-9(7-16-11(10)17)8-4-2-1-3-5-8/h1-7H,(H,16,17). The highest BCUT2D eigenvalue weighted by Gasteiger charge is 2.32. The van der Waals surface area contributed by atoms with E-state index in [2.05, 4.69) is 17.2 Å². The van der Waals surface area contributed by atoms with Gasteiger partial charge in [-0.25, -0.2) is 0 Å². The Kier molecular flexibility index (Phi) is 3.02. The molecule has 0 bridgehead atoms. The van der Waals surface area contributed by atoms with Crippen molar-refractivity contribution in [3.63, 3.8) is 0 Å². The van der Waals surface area contributed by atoms with Crippen molar-refractivity contribution >= 4 is 12.2 Å². The number of halogens is 3. The number of aromatic amines is 1. The average molecular weight is 255 g/mol. The summed E-state index contributed by atoms with van der Waals surface area (Å²) in [5.41, 5.74) is 0.365. The van der Waals surface area contributed by atoms with Gasteiger partial charge in [0.2, 0.25) is 0 Å². The lowest BCUT2D eigenvalue weighted by molar-refractivity contribution is -0.138. The first-order valence-electron chi connectivity index (χ1n) is 4.84. The first-order chi connectivity index (χ1) is 7.98. The fraction of sp³-hybridized carbons (Fsp3) is 0.0833. The Bertz CT molecular complexity index is 572. The number of aromatic nitrogens is 1. The molecule has 1 aromatic carbocycles. The number of H-pyrrole nitrogens is 1. The molecule has 2 rings (SSSR count). The molecule has 1 N–H and O–H groups in total. The zero-order chi connectivity index (χ0) is 12.5. The number of alkyl halides is 3. The first kappa shape index (κ1) is 11.9. The van der Waals surface area contributed by atoms with Gasteiger partial charge in [0.15, 0.2) is 0 Å². The van der Waals surface area contributed by atoms with Gasteiger partial charge in [-0.3, -0.25) is 0 Å². The van der Waals surface area contributed by atoms with Gasteiger partial charge >= 0.3 is 6.18 Å². The minimum Gasteiger partial charge on any atom is -0.352 e. The summed E-state index contributed by atoms with van der Waals surface area (Å²) in [6, 6.07) is 9.89. The van der Waals surface area contributed by atoms with E-state index in [9.17, 15) is 13.2 Å². The summed E-state index contributed by atoms with van der Waals surface area (Å²) in [5, 5.41) is 0. The van der Waals surface area contributed by atoms with Gasteiger partial charge in [0.05, 0.1) is 5.56 Å². The maximum atomic E-state index is 12.7. The van der Waals surface area contributed by atoms with Crippen LogP contribution in [0.2, 0.25) is 0 Å². The molecule has 0 spiro atoms. The predicted octanol–water partition coefficient (Wildman–Crippen LogP) is 4.43. The lowest BCUT2D eigenvalue weighted by Gasteiger charge is -2.09. The molecule has 1 aromatic heterocycles. The maximum Gasteiger partial charge on any atom is 0.419 e. The zero-order valence-electron chi connectivity index (χ0n) is 8.58. The first-order valence-corrected chi connectivity index (χ1v) is 5.24. The van der Waals surface area contributed by atoms with Crippen molar-refractivity contribution in [2.75, 3.05) is 0 Å². The predicted molar refractivity (Wildman–Crippen MR) is 62.1 cm³/mol. The third-order valence-electron chi connectivity index (χ3n) is 2.32. The molecule has 0 aliphatic rings. The summed E-state index contributed by atoms with van der Waals surface area (Å²) < 4.78 is 37.7. The Morgan fingerprint density at radius 1 is 1.00 bits per heavy atom. The van der Waals surface area contributed by atoms with E-state index in [1.165, 1.54) is 6.20 Å². The third-order valence-corrected chi connectivity index (χ3v) is 2.65. The third kappa shape index (κ3) is 2.55. The van der Waals surface area contributed by atoms with Gasteiger partial charge in [0.1, 0.15) is 4.64 Å². The van der Waals surface area contributed by atoms with Crippen LogP contribution < -0.4 is 0 Å². The summed E-state index contributed by atoms with van der Waals surface area (Å²) in [4.78, 5) is 2.47. The van der Waals surface area contributed by atoms with Gasteiger partial charge < -0.3 is 4.98 Å². The molecule has 0 aliphatic carbocycles. The molecule has 17 heavy (non-hydrogen) atoms. The van der Waals surface area contributed by atoms with E-state index in [4.69, 9.17) is 0 Å². The highest BCUT2D eigenvalue weighted by atomic mass is 32.1. The molecule has 0 unspecified atom stereocenters. The second kappa shape index (κ2) is 4.33. The van der Waals surface area contributed by atoms with Crippen LogP contribution in [0.15, 0.2) is 42.6 Å². The molecule has 0 saturated heterocycles. The van der Waals surface area contributed by atoms with Crippen molar-refractivity contribution in [1.82, 2.24) is 4.98 Å². The molecule has 1 nitrogen and oxygen atoms in total. The van der Waals surface area contributed by atoms with E-state index in [-0.39, 0.29) is 4.64 Å². The summed E-state index contributed by atoms with van der Waals surface area (Å²) in [6.07, 6.45) is -2.95. The Morgan fingerprint density at radius 2 is 1.65 bits per heavy atom. The van der Waals surface area contributed by atoms with Crippen LogP contribution in [-0.2, 0) is 6.18 Å². The maximum absolute atomic E-state index is 12.7. The van der Waals surface area contributed by atoms with Gasteiger partial charge in [-0.15, -0.1) is 0 Å². The number of hydrogen-bond acceptors (Lipinski definition) is 1. The van der Waals surface area contributed by atoms with Crippen LogP contribution in [0, 0.1) is 4.64 Å². The Labute approximate surface area is 101 Å². The van der Waals surface area contributed by atoms with E-state index in [0.717, 1.165) is 6.07 Å². The molecule has 2 aromatic rings. The Balaban J connectivity index is 2.57. The molecule has 0 radical (unpaired) electrons. The highest BCUT2D eigenvalue weighted by molar-refractivity contribution is 7.71. The second-order valence-electron chi connectivity index (χ2n) is 3.49. The van der Waals surface area contributed by atoms with Crippen molar-refractivity contribution < 1.29 is 13.2 Å². The second-order valence-corrected chi connectivity index (χ2v) is 3.90. The molecular weight excluding hydrogens is 247 g/mol. The highest BCUT2D eigenvalue weighted by Crippen LogP contribution is 2.32. The molecule has 0 atom stereocenters. The Hall–Kier alpha value is -1.62. The quantitative estimate of drug-likeness (QED) is 0.745. The van der Waals surface area contributed by atoms with Crippen LogP contribution in [0.3, 0.4) is 0 Å². The topological polar surface area (TPSA) is 15.8 Å². The van der Waals surface area contributed by atoms with Crippen molar-refractivity contribution in [1.29, 1.82) is 0 Å². The largest absolute Gasteiger partial charge is 0.419 e. The summed E-state index contributed by atoms with van der Waals surface area (Å²) in [7, 11) is 0. The average Bonchev–Trinajstić information content (AvgIpc) is 2.29. The van der Waals surface area contributed by atoms with Crippen LogP contribution in [0.5, 0.6) is 0 Å². The van der Waals surface area contributed by atoms with Gasteiger partial charge in [0.25, 0.3) is 0 Å². The molecule has 0 fully saturated rings. The lowest BCUT2D eigenvalue weighted by atomic mass is 10.1. The van der Waals surface area contributed by atoms with Crippen LogP contribution in [0.25, 0.3) is 11.1 Å². The van der Waals surface area contributed by atoms with Gasteiger partial charge in [-0.05, 0) is 17.2 Å². The van der Waals surface area contributed by atoms with E-state index < -0.39 is 11.7 Å². The van der Waals surface area contributed by atoms with Crippen LogP contribution in [0.4, 0.5) is 13.2 Å². The van der Waals surface area contributed by atoms with Crippen molar-refractivity contribution in [3.8, 4) is 11.1 Å². The number of rotatable bonds is 1. The van der Waals surface area contributed by atoms with E-state index in [1.807, 2.05) is 0 Å². The minimum atomic E-state index is -4.43. The number of hydrogen-bond donors (Lipinski definition) is 1. The molecule has 0 saturated carbocycles. The molecule has 0 amide bonds. The normalized spacial score (nSPS) is 11.5. The molecular formula is C12H8F3NS. The molecule has 1 heterocycles. The lowest BCUT2D eigenvalue weighted by Crippen LogP contribution is -2.07. The van der Waals surface area contributed by atoms with Crippen LogP contribution in [0.1, 0.15) is 5.56 Å². The molecule has 5 heteroatoms. The van der Waals surface area contributed by atoms with Crippen molar-refractivity contribution in [2.45, 2.75) is 6.18 Å². The smallest absolute Gasteiger partial charge is 0.352 e. The molecule has 88 valence electrons. The number of benzene rings is 1. The van der Waals surface area contributed by atoms with Gasteiger partial charge in [-0.2, -0.15) is 13.2 Å². The van der Waals surface area contributed by atoms with E-state index in [1.54, 1.807) is 30.3 Å². The fourth-order valence-electron chi connectivity index (χ4n) is 1.49. The van der Waals surface area contributed by atoms with Crippen LogP contribution >= 0.6 is 12.2 Å².